The number of ether oxygens (including phenoxy) is 1. The molecule has 5 heteroatoms. The molecule has 10 heavy (non-hydrogen) atoms. The topological polar surface area (TPSA) is 95.4 Å². The molecular weight excluding hydrogens is 136 g/mol. The summed E-state index contributed by atoms with van der Waals surface area (Å²) in [4.78, 5) is 19.8. The fourth-order valence-corrected chi connectivity index (χ4v) is 0.424. The highest BCUT2D eigenvalue weighted by atomic mass is 16.5. The van der Waals surface area contributed by atoms with Crippen LogP contribution < -0.4 is 11.5 Å². The van der Waals surface area contributed by atoms with Gasteiger partial charge in [-0.1, -0.05) is 0 Å². The summed E-state index contributed by atoms with van der Waals surface area (Å²) < 4.78 is 4.28. The van der Waals surface area contributed by atoms with Crippen LogP contribution in [0.15, 0.2) is 0 Å². The number of hydrogen-bond acceptors (Lipinski definition) is 4. The fraction of sp³-hybridized carbons (Fsp3) is 0.600. The van der Waals surface area contributed by atoms with Crippen molar-refractivity contribution >= 4 is 12.4 Å². The molecule has 0 aliphatic carbocycles. The highest BCUT2D eigenvalue weighted by Crippen LogP contribution is 1.92. The maximum Gasteiger partial charge on any atom is 0.294 e. The van der Waals surface area contributed by atoms with E-state index in [2.05, 4.69) is 4.74 Å². The van der Waals surface area contributed by atoms with Crippen LogP contribution in [0, 0.1) is 0 Å². The van der Waals surface area contributed by atoms with Gasteiger partial charge in [-0.2, -0.15) is 0 Å². The summed E-state index contributed by atoms with van der Waals surface area (Å²) in [6.07, 6.45) is -0.312. The highest BCUT2D eigenvalue weighted by Gasteiger charge is 2.03. The molecule has 0 spiro atoms. The van der Waals surface area contributed by atoms with Crippen molar-refractivity contribution in [3.05, 3.63) is 0 Å². The number of nitrogens with two attached hydrogens (primary N) is 2. The van der Waals surface area contributed by atoms with Gasteiger partial charge in [0.15, 0.2) is 6.23 Å². The van der Waals surface area contributed by atoms with Crippen LogP contribution in [0.3, 0.4) is 0 Å². The molecule has 1 atom stereocenters. The van der Waals surface area contributed by atoms with E-state index in [-0.39, 0.29) is 19.3 Å². The molecule has 0 rings (SSSR count). The van der Waals surface area contributed by atoms with Gasteiger partial charge in [-0.3, -0.25) is 15.3 Å². The Kier molecular flexibility index (Phi) is 4.23. The maximum atomic E-state index is 10.1. The zero-order chi connectivity index (χ0) is 7.98. The minimum absolute atomic E-state index is 0.134. The second kappa shape index (κ2) is 4.75. The lowest BCUT2D eigenvalue weighted by molar-refractivity contribution is -0.134. The summed E-state index contributed by atoms with van der Waals surface area (Å²) in [5.41, 5.74) is 9.97. The van der Waals surface area contributed by atoms with Crippen molar-refractivity contribution in [1.82, 2.24) is 0 Å². The smallest absolute Gasteiger partial charge is 0.294 e. The third kappa shape index (κ3) is 5.04. The molecule has 0 unspecified atom stereocenters. The van der Waals surface area contributed by atoms with E-state index in [4.69, 9.17) is 11.5 Å². The molecule has 0 aliphatic heterocycles. The van der Waals surface area contributed by atoms with Crippen molar-refractivity contribution in [2.75, 3.05) is 0 Å². The van der Waals surface area contributed by atoms with E-state index in [1.807, 2.05) is 0 Å². The number of carbonyl (C=O) groups is 2. The van der Waals surface area contributed by atoms with Crippen LogP contribution in [0.2, 0.25) is 0 Å². The molecule has 4 N–H and O–H groups in total. The SMILES string of the molecule is NC(=O)CC[C@H](N)OC=O. The summed E-state index contributed by atoms with van der Waals surface area (Å²) in [5, 5.41) is 0. The fourth-order valence-electron chi connectivity index (χ4n) is 0.424. The molecule has 0 saturated carbocycles. The molecule has 0 aliphatic rings. The molecule has 0 radical (unpaired) electrons. The van der Waals surface area contributed by atoms with E-state index in [9.17, 15) is 9.59 Å². The normalized spacial score (nSPS) is 12.1. The molecule has 0 aromatic rings. The van der Waals surface area contributed by atoms with Gasteiger partial charge in [0.1, 0.15) is 0 Å². The lowest BCUT2D eigenvalue weighted by Gasteiger charge is -2.06. The molecule has 0 aromatic heterocycles. The Hall–Kier alpha value is -1.10. The molecule has 58 valence electrons. The molecule has 0 aromatic carbocycles. The van der Waals surface area contributed by atoms with Crippen LogP contribution >= 0.6 is 0 Å². The summed E-state index contributed by atoms with van der Waals surface area (Å²) in [7, 11) is 0. The third-order valence-corrected chi connectivity index (χ3v) is 0.906. The Labute approximate surface area is 58.3 Å². The standard InChI is InChI=1S/C5H10N2O3/c6-4(9)1-2-5(7)10-3-8/h3,5H,1-2,7H2,(H2,6,9)/t5-/m1/s1. The van der Waals surface area contributed by atoms with Gasteiger partial charge in [0, 0.05) is 12.8 Å². The first-order chi connectivity index (χ1) is 4.66. The first kappa shape index (κ1) is 8.90. The van der Waals surface area contributed by atoms with Gasteiger partial charge >= 0.3 is 0 Å². The van der Waals surface area contributed by atoms with Crippen molar-refractivity contribution in [1.29, 1.82) is 0 Å². The Morgan fingerprint density at radius 3 is 2.70 bits per heavy atom. The van der Waals surface area contributed by atoms with Gasteiger partial charge in [-0.25, -0.2) is 0 Å². The summed E-state index contributed by atoms with van der Waals surface area (Å²) in [6, 6.07) is 0. The number of amides is 1. The molecular formula is C5H10N2O3. The van der Waals surface area contributed by atoms with Crippen molar-refractivity contribution in [3.63, 3.8) is 0 Å². The van der Waals surface area contributed by atoms with Gasteiger partial charge in [-0.15, -0.1) is 0 Å². The third-order valence-electron chi connectivity index (χ3n) is 0.906. The van der Waals surface area contributed by atoms with Crippen LogP contribution in [0.4, 0.5) is 0 Å². The second-order valence-electron chi connectivity index (χ2n) is 1.78. The van der Waals surface area contributed by atoms with Crippen molar-refractivity contribution in [2.45, 2.75) is 19.1 Å². The van der Waals surface area contributed by atoms with Gasteiger partial charge in [0.2, 0.25) is 5.91 Å². The Morgan fingerprint density at radius 1 is 1.70 bits per heavy atom. The molecule has 0 bridgehead atoms. The van der Waals surface area contributed by atoms with Gasteiger partial charge < -0.3 is 10.5 Å². The van der Waals surface area contributed by atoms with Gasteiger partial charge in [0.05, 0.1) is 0 Å². The Morgan fingerprint density at radius 2 is 2.30 bits per heavy atom. The van der Waals surface area contributed by atoms with Gasteiger partial charge in [0.25, 0.3) is 6.47 Å². The average Bonchev–Trinajstić information content (AvgIpc) is 1.85. The van der Waals surface area contributed by atoms with Crippen LogP contribution in [0.5, 0.6) is 0 Å². The molecule has 0 heterocycles. The van der Waals surface area contributed by atoms with Crippen LogP contribution in [0.25, 0.3) is 0 Å². The number of rotatable bonds is 5. The summed E-state index contributed by atoms with van der Waals surface area (Å²) in [6.45, 7) is 0.242. The maximum absolute atomic E-state index is 10.1. The monoisotopic (exact) mass is 146 g/mol. The number of hydrogen-bond donors (Lipinski definition) is 2. The lowest BCUT2D eigenvalue weighted by Crippen LogP contribution is -2.25. The molecule has 0 fully saturated rings. The van der Waals surface area contributed by atoms with Crippen LogP contribution in [-0.4, -0.2) is 18.6 Å². The Bertz CT molecular complexity index is 126. The Balaban J connectivity index is 3.29. The van der Waals surface area contributed by atoms with Crippen molar-refractivity contribution < 1.29 is 14.3 Å². The molecule has 5 nitrogen and oxygen atoms in total. The van der Waals surface area contributed by atoms with Crippen molar-refractivity contribution in [3.8, 4) is 0 Å². The lowest BCUT2D eigenvalue weighted by atomic mass is 10.3. The van der Waals surface area contributed by atoms with E-state index in [0.29, 0.717) is 0 Å². The van der Waals surface area contributed by atoms with Crippen LogP contribution in [-0.2, 0) is 14.3 Å². The first-order valence-electron chi connectivity index (χ1n) is 2.80. The minimum atomic E-state index is -0.718. The minimum Gasteiger partial charge on any atom is -0.449 e. The number of primary amides is 1. The van der Waals surface area contributed by atoms with E-state index in [1.165, 1.54) is 0 Å². The summed E-state index contributed by atoms with van der Waals surface area (Å²) in [5.74, 6) is -0.454. The van der Waals surface area contributed by atoms with Gasteiger partial charge in [-0.05, 0) is 0 Å². The van der Waals surface area contributed by atoms with E-state index >= 15 is 0 Å². The predicted molar refractivity (Wildman–Crippen MR) is 33.6 cm³/mol. The quantitative estimate of drug-likeness (QED) is 0.372. The highest BCUT2D eigenvalue weighted by molar-refractivity contribution is 5.73. The largest absolute Gasteiger partial charge is 0.449 e. The van der Waals surface area contributed by atoms with Crippen LogP contribution in [0.1, 0.15) is 12.8 Å². The summed E-state index contributed by atoms with van der Waals surface area (Å²) >= 11 is 0. The molecule has 1 amide bonds. The van der Waals surface area contributed by atoms with Crippen molar-refractivity contribution in [2.24, 2.45) is 11.5 Å². The zero-order valence-corrected chi connectivity index (χ0v) is 5.45. The second-order valence-corrected chi connectivity index (χ2v) is 1.78. The average molecular weight is 146 g/mol. The molecule has 0 saturated heterocycles. The first-order valence-corrected chi connectivity index (χ1v) is 2.80. The number of carbonyl (C=O) groups excluding carboxylic acids is 2. The van der Waals surface area contributed by atoms with E-state index in [1.54, 1.807) is 0 Å². The zero-order valence-electron chi connectivity index (χ0n) is 5.45. The predicted octanol–water partition coefficient (Wildman–Crippen LogP) is -1.29. The van der Waals surface area contributed by atoms with E-state index < -0.39 is 12.1 Å². The van der Waals surface area contributed by atoms with E-state index in [0.717, 1.165) is 0 Å².